The van der Waals surface area contributed by atoms with E-state index in [0.29, 0.717) is 19.0 Å². The molecule has 0 bridgehead atoms. The number of anilines is 2. The summed E-state index contributed by atoms with van der Waals surface area (Å²) in [4.78, 5) is 26.9. The molecule has 5 heterocycles. The zero-order chi connectivity index (χ0) is 38.7. The second-order valence-electron chi connectivity index (χ2n) is 15.5. The van der Waals surface area contributed by atoms with Gasteiger partial charge >= 0.3 is 6.03 Å². The lowest BCUT2D eigenvalue weighted by Crippen LogP contribution is -2.37. The molecule has 55 heavy (non-hydrogen) atoms. The fourth-order valence-corrected chi connectivity index (χ4v) is 7.93. The summed E-state index contributed by atoms with van der Waals surface area (Å²) in [6, 6.07) is 20.3. The van der Waals surface area contributed by atoms with E-state index in [9.17, 15) is 4.79 Å². The zero-order valence-corrected chi connectivity index (χ0v) is 32.2. The number of hydrogen-bond acceptors (Lipinski definition) is 9. The summed E-state index contributed by atoms with van der Waals surface area (Å²) < 4.78 is 16.2. The van der Waals surface area contributed by atoms with Crippen LogP contribution >= 0.6 is 0 Å². The van der Waals surface area contributed by atoms with Crippen molar-refractivity contribution in [2.75, 3.05) is 50.1 Å². The molecule has 2 aromatic carbocycles. The fourth-order valence-electron chi connectivity index (χ4n) is 7.93. The van der Waals surface area contributed by atoms with Crippen molar-refractivity contribution in [3.05, 3.63) is 95.1 Å². The van der Waals surface area contributed by atoms with Crippen LogP contribution in [-0.2, 0) is 14.9 Å². The lowest BCUT2D eigenvalue weighted by molar-refractivity contribution is -0.122. The van der Waals surface area contributed by atoms with E-state index in [1.165, 1.54) is 0 Å². The number of hydrogen-bond donors (Lipinski definition) is 3. The van der Waals surface area contributed by atoms with Gasteiger partial charge in [0.05, 0.1) is 42.9 Å². The normalized spacial score (nSPS) is 20.0. The van der Waals surface area contributed by atoms with Crippen molar-refractivity contribution in [2.24, 2.45) is 0 Å². The maximum atomic E-state index is 13.8. The van der Waals surface area contributed by atoms with Gasteiger partial charge in [-0.3, -0.25) is 19.4 Å². The second kappa shape index (κ2) is 16.1. The SMILES string of the molecule is Cc1c(N2CCOCC2)cccc1-n1nc(C(C)(C)C)cc1NC(=O)N[C@H]1CC[C@@H](Oc2ccc3nnc([C@@H]4CCCN4C)n3c2)c2ccccc21.O=CO. The molecule has 0 saturated carbocycles. The maximum Gasteiger partial charge on any atom is 0.320 e. The number of carbonyl (C=O) groups is 2. The molecule has 290 valence electrons. The first-order valence-electron chi connectivity index (χ1n) is 19.0. The third-order valence-corrected chi connectivity index (χ3v) is 10.8. The minimum Gasteiger partial charge on any atom is -0.484 e. The van der Waals surface area contributed by atoms with Crippen LogP contribution in [0.15, 0.2) is 66.9 Å². The lowest BCUT2D eigenvalue weighted by atomic mass is 9.85. The molecule has 0 unspecified atom stereocenters. The highest BCUT2D eigenvalue weighted by molar-refractivity contribution is 5.89. The van der Waals surface area contributed by atoms with Crippen LogP contribution in [0.2, 0.25) is 0 Å². The van der Waals surface area contributed by atoms with Crippen molar-refractivity contribution < 1.29 is 24.2 Å². The molecule has 2 saturated heterocycles. The molecule has 1 aliphatic carbocycles. The number of ether oxygens (including phenoxy) is 2. The monoisotopic (exact) mass is 749 g/mol. The zero-order valence-electron chi connectivity index (χ0n) is 32.2. The molecular formula is C41H51N9O5. The molecule has 2 amide bonds. The number of benzene rings is 2. The average Bonchev–Trinajstić information content (AvgIpc) is 3.91. The molecule has 2 fully saturated rings. The van der Waals surface area contributed by atoms with Crippen molar-refractivity contribution in [3.8, 4) is 11.4 Å². The summed E-state index contributed by atoms with van der Waals surface area (Å²) in [5.41, 5.74) is 6.84. The minimum atomic E-state index is -0.273. The maximum absolute atomic E-state index is 13.8. The predicted octanol–water partition coefficient (Wildman–Crippen LogP) is 6.60. The topological polar surface area (TPSA) is 151 Å². The Morgan fingerprint density at radius 2 is 1.71 bits per heavy atom. The van der Waals surface area contributed by atoms with Gasteiger partial charge in [-0.1, -0.05) is 51.1 Å². The van der Waals surface area contributed by atoms with E-state index in [4.69, 9.17) is 24.5 Å². The van der Waals surface area contributed by atoms with Crippen LogP contribution in [0.4, 0.5) is 16.3 Å². The number of amides is 2. The van der Waals surface area contributed by atoms with Crippen LogP contribution in [0, 0.1) is 6.92 Å². The van der Waals surface area contributed by atoms with E-state index >= 15 is 0 Å². The Kier molecular flexibility index (Phi) is 11.1. The number of aromatic nitrogens is 5. The predicted molar refractivity (Wildman–Crippen MR) is 210 cm³/mol. The van der Waals surface area contributed by atoms with E-state index in [0.717, 1.165) is 96.3 Å². The largest absolute Gasteiger partial charge is 0.484 e. The molecule has 8 rings (SSSR count). The Labute approximate surface area is 321 Å². The second-order valence-corrected chi connectivity index (χ2v) is 15.5. The van der Waals surface area contributed by atoms with Gasteiger partial charge in [0.15, 0.2) is 11.5 Å². The van der Waals surface area contributed by atoms with E-state index in [2.05, 4.69) is 100 Å². The summed E-state index contributed by atoms with van der Waals surface area (Å²) in [7, 11) is 2.15. The first kappa shape index (κ1) is 37.8. The van der Waals surface area contributed by atoms with Gasteiger partial charge in [-0.05, 0) is 87.2 Å². The highest BCUT2D eigenvalue weighted by Crippen LogP contribution is 2.39. The molecule has 0 radical (unpaired) electrons. The van der Waals surface area contributed by atoms with Gasteiger partial charge in [-0.15, -0.1) is 10.2 Å². The Balaban J connectivity index is 0.00000150. The Morgan fingerprint density at radius 1 is 0.964 bits per heavy atom. The van der Waals surface area contributed by atoms with Crippen LogP contribution in [-0.4, -0.2) is 86.8 Å². The molecule has 0 spiro atoms. The Hall–Kier alpha value is -5.47. The van der Waals surface area contributed by atoms with Gasteiger partial charge in [0.2, 0.25) is 0 Å². The number of nitrogens with zero attached hydrogens (tertiary/aromatic N) is 7. The Bertz CT molecular complexity index is 2130. The standard InChI is InChI=1S/C40H49N9O3.CH2O2/c1-26-31(47-20-22-51-23-21-47)12-8-13-32(26)49-37(24-35(45-49)40(2,3)4)42-39(50)41-30-16-17-34(29-11-7-6-10-28(29)30)52-27-15-18-36-43-44-38(48(36)25-27)33-14-9-19-46(33)5;2-1-3/h6-8,10-13,15,18,24-25,30,33-34H,9,14,16-17,19-23H2,1-5H3,(H2,41,42,50);1H,(H,2,3)/t30-,33-,34+;/m0./s1. The van der Waals surface area contributed by atoms with Crippen molar-refractivity contribution in [1.29, 1.82) is 0 Å². The molecule has 3 aliphatic rings. The van der Waals surface area contributed by atoms with Crippen LogP contribution in [0.5, 0.6) is 5.75 Å². The number of nitrogens with one attached hydrogen (secondary N) is 2. The molecule has 2 aliphatic heterocycles. The van der Waals surface area contributed by atoms with Crippen molar-refractivity contribution in [3.63, 3.8) is 0 Å². The number of pyridine rings is 1. The van der Waals surface area contributed by atoms with Gasteiger partial charge in [0.1, 0.15) is 17.7 Å². The van der Waals surface area contributed by atoms with Crippen LogP contribution in [0.25, 0.3) is 11.3 Å². The third-order valence-electron chi connectivity index (χ3n) is 10.8. The van der Waals surface area contributed by atoms with Gasteiger partial charge < -0.3 is 24.8 Å². The fraction of sp³-hybridized carbons (Fsp3) is 0.439. The van der Waals surface area contributed by atoms with E-state index < -0.39 is 0 Å². The van der Waals surface area contributed by atoms with Crippen LogP contribution < -0.4 is 20.3 Å². The molecular weight excluding hydrogens is 699 g/mol. The van der Waals surface area contributed by atoms with Gasteiger partial charge in [0.25, 0.3) is 6.47 Å². The van der Waals surface area contributed by atoms with E-state index in [-0.39, 0.29) is 36.1 Å². The number of fused-ring (bicyclic) bond motifs is 2. The van der Waals surface area contributed by atoms with Crippen molar-refractivity contribution in [1.82, 2.24) is 34.6 Å². The third kappa shape index (κ3) is 8.01. The number of carboxylic acid groups (broad SMARTS) is 1. The molecule has 3 aromatic heterocycles. The highest BCUT2D eigenvalue weighted by atomic mass is 16.5. The van der Waals surface area contributed by atoms with Crippen LogP contribution in [0.3, 0.4) is 0 Å². The first-order chi connectivity index (χ1) is 26.5. The Morgan fingerprint density at radius 3 is 2.44 bits per heavy atom. The van der Waals surface area contributed by atoms with Crippen molar-refractivity contribution in [2.45, 2.75) is 77.0 Å². The first-order valence-corrected chi connectivity index (χ1v) is 19.0. The lowest BCUT2D eigenvalue weighted by Gasteiger charge is -2.32. The summed E-state index contributed by atoms with van der Waals surface area (Å²) in [6.07, 6.45) is 5.58. The molecule has 3 atom stereocenters. The van der Waals surface area contributed by atoms with Crippen molar-refractivity contribution >= 4 is 29.7 Å². The highest BCUT2D eigenvalue weighted by Gasteiger charge is 2.31. The number of rotatable bonds is 7. The minimum absolute atomic E-state index is 0.152. The summed E-state index contributed by atoms with van der Waals surface area (Å²) in [6.45, 7) is 12.4. The van der Waals surface area contributed by atoms with Crippen LogP contribution in [0.1, 0.15) is 92.9 Å². The van der Waals surface area contributed by atoms with Gasteiger partial charge in [0, 0.05) is 30.3 Å². The quantitative estimate of drug-likeness (QED) is 0.155. The smallest absolute Gasteiger partial charge is 0.320 e. The number of urea groups is 1. The van der Waals surface area contributed by atoms with Gasteiger partial charge in [-0.2, -0.15) is 5.10 Å². The van der Waals surface area contributed by atoms with Gasteiger partial charge in [-0.25, -0.2) is 9.48 Å². The number of morpholine rings is 1. The van der Waals surface area contributed by atoms with E-state index in [1.807, 2.05) is 41.2 Å². The number of likely N-dealkylation sites (tertiary alicyclic amines) is 1. The summed E-state index contributed by atoms with van der Waals surface area (Å²) in [5.74, 6) is 2.35. The molecule has 3 N–H and O–H groups in total. The summed E-state index contributed by atoms with van der Waals surface area (Å²) in [5, 5.41) is 27.3. The van der Waals surface area contributed by atoms with E-state index in [1.54, 1.807) is 0 Å². The molecule has 14 heteroatoms. The number of carbonyl (C=O) groups excluding carboxylic acids is 1. The summed E-state index contributed by atoms with van der Waals surface area (Å²) >= 11 is 0. The average molecular weight is 750 g/mol. The molecule has 5 aromatic rings. The molecule has 14 nitrogen and oxygen atoms in total.